The number of nitrogens with zero attached hydrogens (tertiary/aromatic N) is 2. The molecule has 27 heavy (non-hydrogen) atoms. The molecule has 2 aliphatic heterocycles. The van der Waals surface area contributed by atoms with E-state index in [0.717, 1.165) is 38.6 Å². The van der Waals surface area contributed by atoms with Gasteiger partial charge >= 0.3 is 0 Å². The van der Waals surface area contributed by atoms with E-state index < -0.39 is 0 Å². The Morgan fingerprint density at radius 2 is 1.89 bits per heavy atom. The third kappa shape index (κ3) is 3.32. The lowest BCUT2D eigenvalue weighted by Gasteiger charge is -2.44. The average Bonchev–Trinajstić information content (AvgIpc) is 3.11. The van der Waals surface area contributed by atoms with Gasteiger partial charge in [0.25, 0.3) is 5.91 Å². The predicted octanol–water partition coefficient (Wildman–Crippen LogP) is 3.49. The zero-order valence-electron chi connectivity index (χ0n) is 16.2. The summed E-state index contributed by atoms with van der Waals surface area (Å²) < 4.78 is 0. The summed E-state index contributed by atoms with van der Waals surface area (Å²) in [6.45, 7) is 3.86. The molecule has 1 spiro atoms. The third-order valence-electron chi connectivity index (χ3n) is 6.87. The summed E-state index contributed by atoms with van der Waals surface area (Å²) in [5, 5.41) is 9.70. The molecule has 1 unspecified atom stereocenters. The first-order chi connectivity index (χ1) is 13.0. The number of piperidine rings is 1. The molecule has 2 amide bonds. The van der Waals surface area contributed by atoms with Crippen LogP contribution in [-0.4, -0.2) is 52.4 Å². The van der Waals surface area contributed by atoms with Crippen LogP contribution in [0.25, 0.3) is 0 Å². The Bertz CT molecular complexity index is 741. The average molecular weight is 370 g/mol. The van der Waals surface area contributed by atoms with Crippen molar-refractivity contribution in [2.24, 2.45) is 5.41 Å². The summed E-state index contributed by atoms with van der Waals surface area (Å²) in [4.78, 5) is 30.3. The molecule has 5 nitrogen and oxygen atoms in total. The van der Waals surface area contributed by atoms with E-state index >= 15 is 0 Å². The molecular formula is C22H30N2O3. The minimum Gasteiger partial charge on any atom is -0.508 e. The quantitative estimate of drug-likeness (QED) is 0.867. The number of carbonyl (C=O) groups excluding carboxylic acids is 2. The fraction of sp³-hybridized carbons (Fsp3) is 0.636. The van der Waals surface area contributed by atoms with Crippen molar-refractivity contribution in [1.82, 2.24) is 9.80 Å². The number of aromatic hydroxyl groups is 1. The van der Waals surface area contributed by atoms with Gasteiger partial charge in [-0.1, -0.05) is 19.3 Å². The second-order valence-electron chi connectivity index (χ2n) is 8.65. The van der Waals surface area contributed by atoms with E-state index in [9.17, 15) is 14.7 Å². The van der Waals surface area contributed by atoms with Crippen molar-refractivity contribution in [2.75, 3.05) is 19.6 Å². The van der Waals surface area contributed by atoms with Gasteiger partial charge in [0.15, 0.2) is 0 Å². The number of carbonyl (C=O) groups is 2. The first kappa shape index (κ1) is 18.3. The highest BCUT2D eigenvalue weighted by Crippen LogP contribution is 2.42. The Morgan fingerprint density at radius 1 is 1.11 bits per heavy atom. The second kappa shape index (κ2) is 7.17. The SMILES string of the molecule is Cc1cc(C(=O)N2CCC3(CCCN(C4CCCCC4)C3=O)C2)ccc1O. The maximum Gasteiger partial charge on any atom is 0.253 e. The Labute approximate surface area is 161 Å². The normalized spacial score (nSPS) is 26.8. The topological polar surface area (TPSA) is 60.9 Å². The van der Waals surface area contributed by atoms with Gasteiger partial charge in [-0.15, -0.1) is 0 Å². The minimum absolute atomic E-state index is 0.0300. The lowest BCUT2D eigenvalue weighted by molar-refractivity contribution is -0.149. The Morgan fingerprint density at radius 3 is 2.63 bits per heavy atom. The van der Waals surface area contributed by atoms with E-state index in [1.165, 1.54) is 19.3 Å². The Balaban J connectivity index is 1.49. The molecule has 3 fully saturated rings. The predicted molar refractivity (Wildman–Crippen MR) is 104 cm³/mol. The number of phenols is 1. The van der Waals surface area contributed by atoms with Crippen molar-refractivity contribution in [3.05, 3.63) is 29.3 Å². The van der Waals surface area contributed by atoms with Crippen molar-refractivity contribution in [2.45, 2.75) is 64.3 Å². The Hall–Kier alpha value is -2.04. The largest absolute Gasteiger partial charge is 0.508 e. The highest BCUT2D eigenvalue weighted by Gasteiger charge is 2.50. The summed E-state index contributed by atoms with van der Waals surface area (Å²) in [6, 6.07) is 5.39. The lowest BCUT2D eigenvalue weighted by Crippen LogP contribution is -2.54. The Kier molecular flexibility index (Phi) is 4.87. The van der Waals surface area contributed by atoms with Crippen LogP contribution in [0.2, 0.25) is 0 Å². The standard InChI is InChI=1S/C22H30N2O3/c1-16-14-17(8-9-19(16)25)20(26)23-13-11-22(15-23)10-5-12-24(21(22)27)18-6-3-2-4-7-18/h8-9,14,18,25H,2-7,10-13,15H2,1H3. The van der Waals surface area contributed by atoms with Crippen molar-refractivity contribution in [3.63, 3.8) is 0 Å². The highest BCUT2D eigenvalue weighted by atomic mass is 16.3. The van der Waals surface area contributed by atoms with E-state index in [-0.39, 0.29) is 23.0 Å². The van der Waals surface area contributed by atoms with Crippen LogP contribution in [-0.2, 0) is 4.79 Å². The summed E-state index contributed by atoms with van der Waals surface area (Å²) in [7, 11) is 0. The van der Waals surface area contributed by atoms with Gasteiger partial charge in [0, 0.05) is 31.2 Å². The van der Waals surface area contributed by atoms with Crippen LogP contribution < -0.4 is 0 Å². The van der Waals surface area contributed by atoms with Gasteiger partial charge in [-0.25, -0.2) is 0 Å². The van der Waals surface area contributed by atoms with Gasteiger partial charge in [-0.3, -0.25) is 9.59 Å². The van der Waals surface area contributed by atoms with Crippen LogP contribution in [0.1, 0.15) is 67.3 Å². The fourth-order valence-corrected chi connectivity index (χ4v) is 5.24. The zero-order valence-corrected chi connectivity index (χ0v) is 16.2. The zero-order chi connectivity index (χ0) is 19.0. The van der Waals surface area contributed by atoms with E-state index in [1.807, 2.05) is 4.90 Å². The van der Waals surface area contributed by atoms with Gasteiger partial charge < -0.3 is 14.9 Å². The number of aryl methyl sites for hydroxylation is 1. The first-order valence-electron chi connectivity index (χ1n) is 10.4. The molecule has 1 saturated carbocycles. The first-order valence-corrected chi connectivity index (χ1v) is 10.4. The molecule has 0 radical (unpaired) electrons. The van der Waals surface area contributed by atoms with Crippen LogP contribution in [0, 0.1) is 12.3 Å². The van der Waals surface area contributed by atoms with E-state index in [4.69, 9.17) is 0 Å². The molecule has 5 heteroatoms. The molecule has 146 valence electrons. The monoisotopic (exact) mass is 370 g/mol. The molecule has 4 rings (SSSR count). The molecule has 1 atom stereocenters. The molecule has 1 N–H and O–H groups in total. The van der Waals surface area contributed by atoms with E-state index in [1.54, 1.807) is 25.1 Å². The van der Waals surface area contributed by atoms with Crippen LogP contribution >= 0.6 is 0 Å². The maximum absolute atomic E-state index is 13.4. The summed E-state index contributed by atoms with van der Waals surface area (Å²) in [5.41, 5.74) is 0.916. The molecule has 3 aliphatic rings. The van der Waals surface area contributed by atoms with Crippen molar-refractivity contribution in [3.8, 4) is 5.75 Å². The number of hydrogen-bond donors (Lipinski definition) is 1. The molecular weight excluding hydrogens is 340 g/mol. The molecule has 0 aromatic heterocycles. The number of benzene rings is 1. The summed E-state index contributed by atoms with van der Waals surface area (Å²) in [5.74, 6) is 0.463. The number of phenolic OH excluding ortho intramolecular Hbond substituents is 1. The minimum atomic E-state index is -0.378. The third-order valence-corrected chi connectivity index (χ3v) is 6.87. The lowest BCUT2D eigenvalue weighted by atomic mass is 9.77. The molecule has 1 aromatic carbocycles. The maximum atomic E-state index is 13.4. The number of likely N-dealkylation sites (tertiary alicyclic amines) is 2. The van der Waals surface area contributed by atoms with Crippen molar-refractivity contribution < 1.29 is 14.7 Å². The van der Waals surface area contributed by atoms with Crippen molar-refractivity contribution in [1.29, 1.82) is 0 Å². The van der Waals surface area contributed by atoms with Crippen LogP contribution in [0.4, 0.5) is 0 Å². The van der Waals surface area contributed by atoms with Crippen LogP contribution in [0.3, 0.4) is 0 Å². The van der Waals surface area contributed by atoms with Gasteiger partial charge in [0.2, 0.25) is 5.91 Å². The number of hydrogen-bond acceptors (Lipinski definition) is 3. The fourth-order valence-electron chi connectivity index (χ4n) is 5.24. The number of amides is 2. The highest BCUT2D eigenvalue weighted by molar-refractivity contribution is 5.96. The van der Waals surface area contributed by atoms with Gasteiger partial charge in [0.05, 0.1) is 5.41 Å². The smallest absolute Gasteiger partial charge is 0.253 e. The van der Waals surface area contributed by atoms with E-state index in [2.05, 4.69) is 4.90 Å². The van der Waals surface area contributed by atoms with Crippen LogP contribution in [0.15, 0.2) is 18.2 Å². The summed E-state index contributed by atoms with van der Waals surface area (Å²) in [6.07, 6.45) is 8.74. The van der Waals surface area contributed by atoms with E-state index in [0.29, 0.717) is 30.3 Å². The molecule has 2 heterocycles. The van der Waals surface area contributed by atoms with Gasteiger partial charge in [0.1, 0.15) is 5.75 Å². The van der Waals surface area contributed by atoms with Crippen molar-refractivity contribution >= 4 is 11.8 Å². The van der Waals surface area contributed by atoms with Gasteiger partial charge in [-0.2, -0.15) is 0 Å². The van der Waals surface area contributed by atoms with Gasteiger partial charge in [-0.05, 0) is 62.8 Å². The molecule has 2 saturated heterocycles. The number of rotatable bonds is 2. The molecule has 1 aliphatic carbocycles. The summed E-state index contributed by atoms with van der Waals surface area (Å²) >= 11 is 0. The second-order valence-corrected chi connectivity index (χ2v) is 8.65. The molecule has 0 bridgehead atoms. The molecule has 1 aromatic rings. The van der Waals surface area contributed by atoms with Crippen LogP contribution in [0.5, 0.6) is 5.75 Å².